The molecule has 3 rings (SSSR count). The molecule has 0 bridgehead atoms. The quantitative estimate of drug-likeness (QED) is 0.532. The minimum atomic E-state index is -0.115. The van der Waals surface area contributed by atoms with Crippen LogP contribution in [0.1, 0.15) is 36.5 Å². The van der Waals surface area contributed by atoms with Gasteiger partial charge in [-0.1, -0.05) is 17.4 Å². The second-order valence-electron chi connectivity index (χ2n) is 7.13. The van der Waals surface area contributed by atoms with Crippen LogP contribution in [0.3, 0.4) is 0 Å². The summed E-state index contributed by atoms with van der Waals surface area (Å²) in [5.41, 5.74) is 2.24. The minimum absolute atomic E-state index is 0.115. The third kappa shape index (κ3) is 4.76. The van der Waals surface area contributed by atoms with Crippen molar-refractivity contribution in [1.29, 1.82) is 0 Å². The van der Waals surface area contributed by atoms with E-state index < -0.39 is 0 Å². The highest BCUT2D eigenvalue weighted by Gasteiger charge is 2.24. The first-order valence-electron chi connectivity index (χ1n) is 9.98. The summed E-state index contributed by atoms with van der Waals surface area (Å²) >= 11 is 1.51. The normalized spacial score (nSPS) is 11.4. The van der Waals surface area contributed by atoms with Gasteiger partial charge in [-0.2, -0.15) is 5.10 Å². The van der Waals surface area contributed by atoms with Crippen molar-refractivity contribution in [2.24, 2.45) is 0 Å². The average molecular weight is 416 g/mol. The topological polar surface area (TPSA) is 63.5 Å². The Kier molecular flexibility index (Phi) is 6.87. The SMILES string of the molecule is CCOc1cccc2sc(N(CCCN(C)C)C(=O)c3cc(C)n(CC)n3)nc12. The Hall–Kier alpha value is -2.45. The molecule has 0 aliphatic carbocycles. The maximum Gasteiger partial charge on any atom is 0.280 e. The standard InChI is InChI=1S/C21H29N5O2S/c1-6-26-15(3)14-16(23-26)20(27)25(13-9-12-24(4)5)21-22-19-17(28-7-2)10-8-11-18(19)29-21/h8,10-11,14H,6-7,9,12-13H2,1-5H3. The van der Waals surface area contributed by atoms with Gasteiger partial charge in [-0.15, -0.1) is 0 Å². The molecule has 0 spiro atoms. The molecule has 0 aliphatic rings. The van der Waals surface area contributed by atoms with E-state index in [2.05, 4.69) is 10.00 Å². The van der Waals surface area contributed by atoms with Crippen molar-refractivity contribution in [3.63, 3.8) is 0 Å². The predicted molar refractivity (Wildman–Crippen MR) is 118 cm³/mol. The van der Waals surface area contributed by atoms with Crippen LogP contribution < -0.4 is 9.64 Å². The molecule has 0 N–H and O–H groups in total. The smallest absolute Gasteiger partial charge is 0.280 e. The fourth-order valence-corrected chi connectivity index (χ4v) is 4.21. The summed E-state index contributed by atoms with van der Waals surface area (Å²) in [6.45, 7) is 8.72. The Morgan fingerprint density at radius 1 is 1.24 bits per heavy atom. The number of nitrogens with zero attached hydrogens (tertiary/aromatic N) is 5. The van der Waals surface area contributed by atoms with Crippen molar-refractivity contribution in [3.05, 3.63) is 35.7 Å². The first-order chi connectivity index (χ1) is 13.9. The van der Waals surface area contributed by atoms with Crippen LogP contribution in [0.5, 0.6) is 5.75 Å². The van der Waals surface area contributed by atoms with E-state index in [1.165, 1.54) is 11.3 Å². The molecule has 29 heavy (non-hydrogen) atoms. The van der Waals surface area contributed by atoms with E-state index in [1.54, 1.807) is 4.90 Å². The minimum Gasteiger partial charge on any atom is -0.492 e. The van der Waals surface area contributed by atoms with Crippen molar-refractivity contribution in [3.8, 4) is 5.75 Å². The summed E-state index contributed by atoms with van der Waals surface area (Å²) in [5, 5.41) is 5.17. The van der Waals surface area contributed by atoms with Crippen LogP contribution in [0.15, 0.2) is 24.3 Å². The van der Waals surface area contributed by atoms with Crippen LogP contribution in [0.25, 0.3) is 10.2 Å². The molecule has 156 valence electrons. The van der Waals surface area contributed by atoms with Crippen LogP contribution in [0.4, 0.5) is 5.13 Å². The molecule has 0 unspecified atom stereocenters. The fourth-order valence-electron chi connectivity index (χ4n) is 3.20. The summed E-state index contributed by atoms with van der Waals surface area (Å²) in [6, 6.07) is 7.74. The molecular weight excluding hydrogens is 386 g/mol. The van der Waals surface area contributed by atoms with E-state index in [4.69, 9.17) is 9.72 Å². The summed E-state index contributed by atoms with van der Waals surface area (Å²) in [7, 11) is 4.06. The number of carbonyl (C=O) groups is 1. The van der Waals surface area contributed by atoms with Gasteiger partial charge in [0.2, 0.25) is 0 Å². The molecular formula is C21H29N5O2S. The van der Waals surface area contributed by atoms with E-state index >= 15 is 0 Å². The van der Waals surface area contributed by atoms with E-state index in [-0.39, 0.29) is 5.91 Å². The highest BCUT2D eigenvalue weighted by molar-refractivity contribution is 7.22. The van der Waals surface area contributed by atoms with E-state index in [1.807, 2.05) is 63.8 Å². The lowest BCUT2D eigenvalue weighted by molar-refractivity contribution is 0.0980. The largest absolute Gasteiger partial charge is 0.492 e. The number of benzene rings is 1. The lowest BCUT2D eigenvalue weighted by atomic mass is 10.3. The zero-order valence-electron chi connectivity index (χ0n) is 17.8. The van der Waals surface area contributed by atoms with E-state index in [0.717, 1.165) is 41.2 Å². The first kappa shape index (κ1) is 21.3. The highest BCUT2D eigenvalue weighted by atomic mass is 32.1. The van der Waals surface area contributed by atoms with Gasteiger partial charge in [0.05, 0.1) is 11.3 Å². The van der Waals surface area contributed by atoms with Crippen LogP contribution in [-0.2, 0) is 6.54 Å². The zero-order valence-corrected chi connectivity index (χ0v) is 18.6. The number of amides is 1. The molecule has 3 aromatic rings. The van der Waals surface area contributed by atoms with Gasteiger partial charge in [-0.25, -0.2) is 4.98 Å². The summed E-state index contributed by atoms with van der Waals surface area (Å²) in [4.78, 5) is 22.0. The number of para-hydroxylation sites is 1. The lowest BCUT2D eigenvalue weighted by Crippen LogP contribution is -2.33. The molecule has 8 heteroatoms. The molecule has 7 nitrogen and oxygen atoms in total. The molecule has 0 saturated heterocycles. The van der Waals surface area contributed by atoms with Gasteiger partial charge in [-0.3, -0.25) is 14.4 Å². The Bertz CT molecular complexity index is 979. The number of aryl methyl sites for hydroxylation is 2. The number of aromatic nitrogens is 3. The van der Waals surface area contributed by atoms with Crippen molar-refractivity contribution in [1.82, 2.24) is 19.7 Å². The number of anilines is 1. The zero-order chi connectivity index (χ0) is 21.0. The van der Waals surface area contributed by atoms with Gasteiger partial charge in [0.15, 0.2) is 10.8 Å². The van der Waals surface area contributed by atoms with Gasteiger partial charge >= 0.3 is 0 Å². The number of thiazole rings is 1. The Balaban J connectivity index is 1.97. The summed E-state index contributed by atoms with van der Waals surface area (Å²) < 4.78 is 8.57. The molecule has 1 aromatic carbocycles. The van der Waals surface area contributed by atoms with Gasteiger partial charge in [0, 0.05) is 18.8 Å². The maximum absolute atomic E-state index is 13.4. The highest BCUT2D eigenvalue weighted by Crippen LogP contribution is 2.34. The number of carbonyl (C=O) groups excluding carboxylic acids is 1. The van der Waals surface area contributed by atoms with Crippen LogP contribution in [0, 0.1) is 6.92 Å². The van der Waals surface area contributed by atoms with E-state index in [9.17, 15) is 4.79 Å². The van der Waals surface area contributed by atoms with Crippen LogP contribution >= 0.6 is 11.3 Å². The number of fused-ring (bicyclic) bond motifs is 1. The average Bonchev–Trinajstić information content (AvgIpc) is 3.28. The fraction of sp³-hybridized carbons (Fsp3) is 0.476. The summed E-state index contributed by atoms with van der Waals surface area (Å²) in [6.07, 6.45) is 0.848. The van der Waals surface area contributed by atoms with E-state index in [0.29, 0.717) is 24.0 Å². The number of ether oxygens (including phenoxy) is 1. The third-order valence-corrected chi connectivity index (χ3v) is 5.68. The van der Waals surface area contributed by atoms with Gasteiger partial charge < -0.3 is 9.64 Å². The number of rotatable bonds is 9. The predicted octanol–water partition coefficient (Wildman–Crippen LogP) is 3.82. The molecule has 0 fully saturated rings. The first-order valence-corrected chi connectivity index (χ1v) is 10.8. The lowest BCUT2D eigenvalue weighted by Gasteiger charge is -2.20. The molecule has 2 heterocycles. The summed E-state index contributed by atoms with van der Waals surface area (Å²) in [5.74, 6) is 0.635. The Morgan fingerprint density at radius 3 is 2.69 bits per heavy atom. The van der Waals surface area contributed by atoms with Gasteiger partial charge in [0.1, 0.15) is 11.3 Å². The molecule has 0 atom stereocenters. The van der Waals surface area contributed by atoms with Gasteiger partial charge in [0.25, 0.3) is 5.91 Å². The molecule has 0 radical (unpaired) electrons. The monoisotopic (exact) mass is 415 g/mol. The Labute approximate surface area is 175 Å². The third-order valence-electron chi connectivity index (χ3n) is 4.63. The molecule has 1 amide bonds. The Morgan fingerprint density at radius 2 is 2.03 bits per heavy atom. The van der Waals surface area contributed by atoms with Crippen molar-refractivity contribution < 1.29 is 9.53 Å². The van der Waals surface area contributed by atoms with Crippen molar-refractivity contribution in [2.45, 2.75) is 33.7 Å². The van der Waals surface area contributed by atoms with Crippen molar-refractivity contribution >= 4 is 32.6 Å². The van der Waals surface area contributed by atoms with Crippen molar-refractivity contribution in [2.75, 3.05) is 38.7 Å². The second kappa shape index (κ2) is 9.37. The number of hydrogen-bond donors (Lipinski definition) is 0. The van der Waals surface area contributed by atoms with Crippen LogP contribution in [0.2, 0.25) is 0 Å². The maximum atomic E-state index is 13.4. The second-order valence-corrected chi connectivity index (χ2v) is 8.14. The molecule has 0 aliphatic heterocycles. The molecule has 0 saturated carbocycles. The molecule has 2 aromatic heterocycles. The van der Waals surface area contributed by atoms with Gasteiger partial charge in [-0.05, 0) is 66.0 Å². The number of hydrogen-bond acceptors (Lipinski definition) is 6. The van der Waals surface area contributed by atoms with Crippen LogP contribution in [-0.4, -0.2) is 59.4 Å².